The van der Waals surface area contributed by atoms with Crippen molar-refractivity contribution in [3.8, 4) is 11.3 Å². The molecule has 0 unspecified atom stereocenters. The maximum absolute atomic E-state index is 4.39. The maximum atomic E-state index is 4.39. The lowest BCUT2D eigenvalue weighted by Crippen LogP contribution is -2.47. The van der Waals surface area contributed by atoms with E-state index in [1.165, 1.54) is 5.56 Å². The van der Waals surface area contributed by atoms with Gasteiger partial charge in [-0.1, -0.05) is 24.3 Å². The molecule has 0 aliphatic carbocycles. The van der Waals surface area contributed by atoms with E-state index in [0.29, 0.717) is 0 Å². The topological polar surface area (TPSA) is 49.3 Å². The lowest BCUT2D eigenvalue weighted by molar-refractivity contribution is 0.501. The standard InChI is InChI=1S/C18H24N4.HI/c1-18(2,3)22-17(19-4)21-13-14-8-7-9-15(12-14)16-10-5-6-11-20-16;/h5-12H,13H2,1-4H3,(H2,19,21,22);1H. The first-order valence-corrected chi connectivity index (χ1v) is 7.47. The molecule has 0 saturated carbocycles. The Kier molecular flexibility index (Phi) is 7.48. The Balaban J connectivity index is 0.00000264. The quantitative estimate of drug-likeness (QED) is 0.448. The van der Waals surface area contributed by atoms with Crippen LogP contribution in [0, 0.1) is 0 Å². The van der Waals surface area contributed by atoms with Crippen LogP contribution in [-0.4, -0.2) is 23.5 Å². The number of nitrogens with zero attached hydrogens (tertiary/aromatic N) is 2. The summed E-state index contributed by atoms with van der Waals surface area (Å²) in [6.45, 7) is 7.06. The average Bonchev–Trinajstić information content (AvgIpc) is 2.51. The van der Waals surface area contributed by atoms with Gasteiger partial charge in [0.15, 0.2) is 5.96 Å². The second-order valence-electron chi connectivity index (χ2n) is 6.22. The Bertz CT molecular complexity index is 633. The van der Waals surface area contributed by atoms with Gasteiger partial charge in [-0.25, -0.2) is 0 Å². The highest BCUT2D eigenvalue weighted by Gasteiger charge is 2.11. The molecule has 4 nitrogen and oxygen atoms in total. The van der Waals surface area contributed by atoms with Crippen molar-refractivity contribution in [1.29, 1.82) is 0 Å². The van der Waals surface area contributed by atoms with Gasteiger partial charge in [0.1, 0.15) is 0 Å². The van der Waals surface area contributed by atoms with Crippen molar-refractivity contribution < 1.29 is 0 Å². The summed E-state index contributed by atoms with van der Waals surface area (Å²) in [7, 11) is 1.78. The third-order valence-electron chi connectivity index (χ3n) is 3.06. The largest absolute Gasteiger partial charge is 0.352 e. The number of nitrogens with one attached hydrogen (secondary N) is 2. The van der Waals surface area contributed by atoms with E-state index in [4.69, 9.17) is 0 Å². The molecule has 0 saturated heterocycles. The molecule has 0 fully saturated rings. The molecule has 0 amide bonds. The van der Waals surface area contributed by atoms with Crippen molar-refractivity contribution in [2.24, 2.45) is 4.99 Å². The van der Waals surface area contributed by atoms with Gasteiger partial charge in [-0.3, -0.25) is 9.98 Å². The average molecular weight is 424 g/mol. The Morgan fingerprint density at radius 3 is 2.52 bits per heavy atom. The van der Waals surface area contributed by atoms with E-state index in [9.17, 15) is 0 Å². The van der Waals surface area contributed by atoms with Crippen LogP contribution in [0.1, 0.15) is 26.3 Å². The molecule has 5 heteroatoms. The highest BCUT2D eigenvalue weighted by atomic mass is 127. The van der Waals surface area contributed by atoms with Gasteiger partial charge in [0, 0.05) is 30.9 Å². The van der Waals surface area contributed by atoms with E-state index in [1.807, 2.05) is 24.4 Å². The van der Waals surface area contributed by atoms with Crippen LogP contribution < -0.4 is 10.6 Å². The molecule has 0 radical (unpaired) electrons. The first-order valence-electron chi connectivity index (χ1n) is 7.47. The van der Waals surface area contributed by atoms with Gasteiger partial charge < -0.3 is 10.6 Å². The predicted octanol–water partition coefficient (Wildman–Crippen LogP) is 3.83. The van der Waals surface area contributed by atoms with Crippen LogP contribution in [-0.2, 0) is 6.54 Å². The molecule has 1 aromatic heterocycles. The fourth-order valence-corrected chi connectivity index (χ4v) is 2.09. The number of aliphatic imine (C=N–C) groups is 1. The molecule has 1 heterocycles. The zero-order valence-electron chi connectivity index (χ0n) is 14.1. The van der Waals surface area contributed by atoms with Crippen LogP contribution in [0.5, 0.6) is 0 Å². The van der Waals surface area contributed by atoms with Gasteiger partial charge in [-0.15, -0.1) is 24.0 Å². The van der Waals surface area contributed by atoms with E-state index >= 15 is 0 Å². The molecule has 124 valence electrons. The van der Waals surface area contributed by atoms with E-state index in [-0.39, 0.29) is 29.5 Å². The zero-order valence-corrected chi connectivity index (χ0v) is 16.5. The second kappa shape index (κ2) is 8.86. The SMILES string of the molecule is CN=C(NCc1cccc(-c2ccccn2)c1)NC(C)(C)C.I. The minimum Gasteiger partial charge on any atom is -0.352 e. The minimum atomic E-state index is -0.0162. The summed E-state index contributed by atoms with van der Waals surface area (Å²) in [6.07, 6.45) is 1.81. The van der Waals surface area contributed by atoms with Crippen molar-refractivity contribution >= 4 is 29.9 Å². The Morgan fingerprint density at radius 2 is 1.91 bits per heavy atom. The maximum Gasteiger partial charge on any atom is 0.191 e. The van der Waals surface area contributed by atoms with Gasteiger partial charge >= 0.3 is 0 Å². The number of benzene rings is 1. The summed E-state index contributed by atoms with van der Waals surface area (Å²) in [5.41, 5.74) is 3.29. The second-order valence-corrected chi connectivity index (χ2v) is 6.22. The van der Waals surface area contributed by atoms with E-state index < -0.39 is 0 Å². The van der Waals surface area contributed by atoms with Crippen LogP contribution in [0.2, 0.25) is 0 Å². The van der Waals surface area contributed by atoms with E-state index in [1.54, 1.807) is 7.05 Å². The number of halogens is 1. The molecule has 2 aromatic rings. The third-order valence-corrected chi connectivity index (χ3v) is 3.06. The zero-order chi connectivity index (χ0) is 16.0. The Morgan fingerprint density at radius 1 is 1.13 bits per heavy atom. The van der Waals surface area contributed by atoms with Crippen LogP contribution in [0.3, 0.4) is 0 Å². The van der Waals surface area contributed by atoms with Gasteiger partial charge in [-0.05, 0) is 44.5 Å². The number of rotatable bonds is 3. The molecular formula is C18H25IN4. The fourth-order valence-electron chi connectivity index (χ4n) is 2.09. The Labute approximate surface area is 155 Å². The molecule has 0 aliphatic heterocycles. The molecule has 0 atom stereocenters. The van der Waals surface area contributed by atoms with Crippen molar-refractivity contribution in [3.63, 3.8) is 0 Å². The molecular weight excluding hydrogens is 399 g/mol. The highest BCUT2D eigenvalue weighted by Crippen LogP contribution is 2.17. The lowest BCUT2D eigenvalue weighted by Gasteiger charge is -2.23. The van der Waals surface area contributed by atoms with E-state index in [0.717, 1.165) is 23.8 Å². The summed E-state index contributed by atoms with van der Waals surface area (Å²) in [5.74, 6) is 0.802. The summed E-state index contributed by atoms with van der Waals surface area (Å²) in [4.78, 5) is 8.64. The van der Waals surface area contributed by atoms with Gasteiger partial charge in [-0.2, -0.15) is 0 Å². The lowest BCUT2D eigenvalue weighted by atomic mass is 10.1. The molecule has 0 bridgehead atoms. The van der Waals surface area contributed by atoms with Crippen LogP contribution in [0.15, 0.2) is 53.7 Å². The molecule has 2 rings (SSSR count). The number of hydrogen-bond donors (Lipinski definition) is 2. The van der Waals surface area contributed by atoms with Gasteiger partial charge in [0.2, 0.25) is 0 Å². The summed E-state index contributed by atoms with van der Waals surface area (Å²) in [5, 5.41) is 6.69. The molecule has 0 aliphatic rings. The molecule has 23 heavy (non-hydrogen) atoms. The van der Waals surface area contributed by atoms with Gasteiger partial charge in [0.05, 0.1) is 5.69 Å². The summed E-state index contributed by atoms with van der Waals surface area (Å²) < 4.78 is 0. The van der Waals surface area contributed by atoms with Crippen LogP contribution in [0.4, 0.5) is 0 Å². The number of guanidine groups is 1. The van der Waals surface area contributed by atoms with E-state index in [2.05, 4.69) is 65.6 Å². The molecule has 0 spiro atoms. The van der Waals surface area contributed by atoms with Crippen molar-refractivity contribution in [1.82, 2.24) is 15.6 Å². The van der Waals surface area contributed by atoms with Crippen molar-refractivity contribution in [2.45, 2.75) is 32.9 Å². The number of pyridine rings is 1. The molecule has 2 N–H and O–H groups in total. The van der Waals surface area contributed by atoms with Gasteiger partial charge in [0.25, 0.3) is 0 Å². The van der Waals surface area contributed by atoms with Crippen molar-refractivity contribution in [3.05, 3.63) is 54.2 Å². The van der Waals surface area contributed by atoms with Crippen LogP contribution >= 0.6 is 24.0 Å². The first-order chi connectivity index (χ1) is 10.5. The molecule has 1 aromatic carbocycles. The predicted molar refractivity (Wildman–Crippen MR) is 108 cm³/mol. The minimum absolute atomic E-state index is 0. The monoisotopic (exact) mass is 424 g/mol. The first kappa shape index (κ1) is 19.4. The fraction of sp³-hybridized carbons (Fsp3) is 0.333. The summed E-state index contributed by atoms with van der Waals surface area (Å²) in [6, 6.07) is 14.3. The smallest absolute Gasteiger partial charge is 0.191 e. The highest BCUT2D eigenvalue weighted by molar-refractivity contribution is 14.0. The summed E-state index contributed by atoms with van der Waals surface area (Å²) >= 11 is 0. The van der Waals surface area contributed by atoms with Crippen LogP contribution in [0.25, 0.3) is 11.3 Å². The van der Waals surface area contributed by atoms with Crippen molar-refractivity contribution in [2.75, 3.05) is 7.05 Å². The number of aromatic nitrogens is 1. The number of hydrogen-bond acceptors (Lipinski definition) is 2. The third kappa shape index (κ3) is 6.56. The Hall–Kier alpha value is -1.63. The normalized spacial score (nSPS) is 11.6.